The van der Waals surface area contributed by atoms with Gasteiger partial charge in [-0.1, -0.05) is 0 Å². The molecule has 0 bridgehead atoms. The van der Waals surface area contributed by atoms with E-state index in [1.54, 1.807) is 18.2 Å². The number of rotatable bonds is 9. The quantitative estimate of drug-likeness (QED) is 0.400. The van der Waals surface area contributed by atoms with Crippen molar-refractivity contribution in [1.29, 1.82) is 0 Å². The van der Waals surface area contributed by atoms with Gasteiger partial charge in [-0.2, -0.15) is 0 Å². The molecule has 142 valence electrons. The number of guanidine groups is 1. The van der Waals surface area contributed by atoms with Crippen LogP contribution in [0.2, 0.25) is 0 Å². The summed E-state index contributed by atoms with van der Waals surface area (Å²) in [4.78, 5) is 8.33. The topological polar surface area (TPSA) is 62.0 Å². The zero-order chi connectivity index (χ0) is 18.0. The Kier molecular flexibility index (Phi) is 7.54. The number of hydrogen-bond acceptors (Lipinski definition) is 5. The molecule has 0 saturated heterocycles. The highest BCUT2D eigenvalue weighted by Crippen LogP contribution is 2.23. The number of hydrogen-bond donors (Lipinski definition) is 2. The maximum absolute atomic E-state index is 5.58. The number of fused-ring (bicyclic) bond motifs is 1. The molecule has 0 amide bonds. The van der Waals surface area contributed by atoms with Crippen LogP contribution in [0, 0.1) is 0 Å². The van der Waals surface area contributed by atoms with Gasteiger partial charge >= 0.3 is 0 Å². The molecule has 0 fully saturated rings. The molecule has 0 atom stereocenters. The molecule has 0 unspecified atom stereocenters. The molecule has 7 heteroatoms. The molecule has 0 saturated carbocycles. The molecule has 0 aliphatic carbocycles. The van der Waals surface area contributed by atoms with Crippen molar-refractivity contribution in [2.45, 2.75) is 26.0 Å². The van der Waals surface area contributed by atoms with Crippen molar-refractivity contribution in [2.75, 3.05) is 39.8 Å². The fourth-order valence-corrected chi connectivity index (χ4v) is 3.89. The molecule has 3 heterocycles. The first-order chi connectivity index (χ1) is 12.8. The Morgan fingerprint density at radius 3 is 3.12 bits per heavy atom. The lowest BCUT2D eigenvalue weighted by atomic mass is 10.1. The van der Waals surface area contributed by atoms with Gasteiger partial charge < -0.3 is 19.8 Å². The van der Waals surface area contributed by atoms with E-state index in [1.165, 1.54) is 12.0 Å². The highest BCUT2D eigenvalue weighted by atomic mass is 32.1. The molecular weight excluding hydrogens is 348 g/mol. The zero-order valence-corrected chi connectivity index (χ0v) is 16.2. The summed E-state index contributed by atoms with van der Waals surface area (Å²) in [5.74, 6) is 1.71. The van der Waals surface area contributed by atoms with E-state index < -0.39 is 0 Å². The third kappa shape index (κ3) is 5.86. The Hall–Kier alpha value is -1.83. The van der Waals surface area contributed by atoms with E-state index in [2.05, 4.69) is 32.0 Å². The largest absolute Gasteiger partial charge is 0.467 e. The number of furan rings is 1. The van der Waals surface area contributed by atoms with Crippen LogP contribution in [-0.2, 0) is 24.3 Å². The predicted octanol–water partition coefficient (Wildman–Crippen LogP) is 2.47. The van der Waals surface area contributed by atoms with Gasteiger partial charge in [0.15, 0.2) is 5.96 Å². The van der Waals surface area contributed by atoms with Crippen LogP contribution in [0.1, 0.15) is 22.6 Å². The van der Waals surface area contributed by atoms with Crippen LogP contribution >= 0.6 is 11.3 Å². The predicted molar refractivity (Wildman–Crippen MR) is 106 cm³/mol. The second kappa shape index (κ2) is 10.4. The number of aliphatic imine (C=N–C) groups is 1. The summed E-state index contributed by atoms with van der Waals surface area (Å²) in [6, 6.07) is 6.05. The van der Waals surface area contributed by atoms with Gasteiger partial charge in [0.2, 0.25) is 0 Å². The van der Waals surface area contributed by atoms with Crippen LogP contribution < -0.4 is 10.6 Å². The van der Waals surface area contributed by atoms with Crippen LogP contribution in [0.4, 0.5) is 0 Å². The smallest absolute Gasteiger partial charge is 0.191 e. The fraction of sp³-hybridized carbons (Fsp3) is 0.526. The van der Waals surface area contributed by atoms with Crippen LogP contribution in [0.15, 0.2) is 39.3 Å². The summed E-state index contributed by atoms with van der Waals surface area (Å²) in [6.07, 6.45) is 3.77. The van der Waals surface area contributed by atoms with Crippen LogP contribution in [-0.4, -0.2) is 50.7 Å². The molecule has 1 aliphatic rings. The van der Waals surface area contributed by atoms with Crippen LogP contribution in [0.25, 0.3) is 0 Å². The molecule has 0 radical (unpaired) electrons. The Morgan fingerprint density at radius 2 is 2.27 bits per heavy atom. The number of nitrogens with one attached hydrogen (secondary N) is 2. The molecule has 0 aromatic carbocycles. The van der Waals surface area contributed by atoms with E-state index in [0.29, 0.717) is 13.2 Å². The monoisotopic (exact) mass is 376 g/mol. The summed E-state index contributed by atoms with van der Waals surface area (Å²) >= 11 is 1.89. The van der Waals surface area contributed by atoms with Gasteiger partial charge in [-0.3, -0.25) is 9.89 Å². The van der Waals surface area contributed by atoms with Crippen molar-refractivity contribution in [3.63, 3.8) is 0 Å². The van der Waals surface area contributed by atoms with Gasteiger partial charge in [0.1, 0.15) is 12.4 Å². The van der Waals surface area contributed by atoms with Crippen molar-refractivity contribution in [2.24, 2.45) is 4.99 Å². The summed E-state index contributed by atoms with van der Waals surface area (Å²) in [7, 11) is 1.81. The SMILES string of the molecule is CN=C(NCCCOCc1ccco1)NCCN1CCc2sccc2C1. The van der Waals surface area contributed by atoms with Gasteiger partial charge in [-0.05, 0) is 42.0 Å². The van der Waals surface area contributed by atoms with E-state index >= 15 is 0 Å². The summed E-state index contributed by atoms with van der Waals surface area (Å²) in [5.41, 5.74) is 1.50. The lowest BCUT2D eigenvalue weighted by Crippen LogP contribution is -2.42. The third-order valence-electron chi connectivity index (χ3n) is 4.41. The molecule has 2 aromatic heterocycles. The molecule has 0 spiro atoms. The van der Waals surface area contributed by atoms with Crippen LogP contribution in [0.5, 0.6) is 0 Å². The van der Waals surface area contributed by atoms with Gasteiger partial charge in [-0.15, -0.1) is 11.3 Å². The minimum absolute atomic E-state index is 0.529. The second-order valence-corrected chi connectivity index (χ2v) is 7.31. The highest BCUT2D eigenvalue weighted by Gasteiger charge is 2.16. The van der Waals surface area contributed by atoms with Crippen molar-refractivity contribution < 1.29 is 9.15 Å². The minimum Gasteiger partial charge on any atom is -0.467 e. The minimum atomic E-state index is 0.529. The molecule has 6 nitrogen and oxygen atoms in total. The van der Waals surface area contributed by atoms with Gasteiger partial charge in [0.05, 0.1) is 6.26 Å². The Labute approximate surface area is 159 Å². The lowest BCUT2D eigenvalue weighted by Gasteiger charge is -2.27. The number of thiophene rings is 1. The second-order valence-electron chi connectivity index (χ2n) is 6.31. The average Bonchev–Trinajstić information content (AvgIpc) is 3.34. The zero-order valence-electron chi connectivity index (χ0n) is 15.4. The summed E-state index contributed by atoms with van der Waals surface area (Å²) < 4.78 is 10.8. The third-order valence-corrected chi connectivity index (χ3v) is 5.44. The number of ether oxygens (including phenoxy) is 1. The van der Waals surface area contributed by atoms with E-state index in [1.807, 2.05) is 23.5 Å². The van der Waals surface area contributed by atoms with Crippen LogP contribution in [0.3, 0.4) is 0 Å². The van der Waals surface area contributed by atoms with E-state index in [4.69, 9.17) is 9.15 Å². The van der Waals surface area contributed by atoms with E-state index in [-0.39, 0.29) is 0 Å². The van der Waals surface area contributed by atoms with Crippen molar-refractivity contribution >= 4 is 17.3 Å². The van der Waals surface area contributed by atoms with Crippen molar-refractivity contribution in [3.8, 4) is 0 Å². The standard InChI is InChI=1S/C19H28N4O2S/c1-20-19(21-7-3-11-24-15-17-4-2-12-25-17)22-8-10-23-9-5-18-16(14-23)6-13-26-18/h2,4,6,12-13H,3,5,7-11,14-15H2,1H3,(H2,20,21,22). The summed E-state index contributed by atoms with van der Waals surface area (Å²) in [6.45, 7) is 6.20. The Bertz CT molecular complexity index is 669. The van der Waals surface area contributed by atoms with E-state index in [0.717, 1.165) is 50.9 Å². The molecular formula is C19H28N4O2S. The average molecular weight is 377 g/mol. The normalized spacial score (nSPS) is 15.0. The van der Waals surface area contributed by atoms with Gasteiger partial charge in [0.25, 0.3) is 0 Å². The molecule has 2 N–H and O–H groups in total. The van der Waals surface area contributed by atoms with Crippen molar-refractivity contribution in [3.05, 3.63) is 46.0 Å². The first kappa shape index (κ1) is 18.9. The lowest BCUT2D eigenvalue weighted by molar-refractivity contribution is 0.105. The van der Waals surface area contributed by atoms with Gasteiger partial charge in [-0.25, -0.2) is 0 Å². The molecule has 26 heavy (non-hydrogen) atoms. The maximum atomic E-state index is 5.58. The Morgan fingerprint density at radius 1 is 1.35 bits per heavy atom. The first-order valence-corrected chi connectivity index (χ1v) is 10.1. The summed E-state index contributed by atoms with van der Waals surface area (Å²) in [5, 5.41) is 8.93. The number of nitrogens with zero attached hydrogens (tertiary/aromatic N) is 2. The van der Waals surface area contributed by atoms with Crippen molar-refractivity contribution in [1.82, 2.24) is 15.5 Å². The van der Waals surface area contributed by atoms with Gasteiger partial charge in [0, 0.05) is 51.3 Å². The Balaban J connectivity index is 1.23. The van der Waals surface area contributed by atoms with E-state index in [9.17, 15) is 0 Å². The fourth-order valence-electron chi connectivity index (χ4n) is 3.00. The maximum Gasteiger partial charge on any atom is 0.191 e. The highest BCUT2D eigenvalue weighted by molar-refractivity contribution is 7.10. The first-order valence-electron chi connectivity index (χ1n) is 9.17. The molecule has 2 aromatic rings. The molecule has 1 aliphatic heterocycles. The molecule has 3 rings (SSSR count).